The molecule has 31 heavy (non-hydrogen) atoms. The van der Waals surface area contributed by atoms with E-state index in [-0.39, 0.29) is 17.9 Å². The van der Waals surface area contributed by atoms with Crippen LogP contribution in [-0.4, -0.2) is 48.1 Å². The number of aromatic nitrogens is 3. The molecule has 3 aromatic rings. The van der Waals surface area contributed by atoms with Gasteiger partial charge in [0.1, 0.15) is 12.3 Å². The Morgan fingerprint density at radius 3 is 2.68 bits per heavy atom. The van der Waals surface area contributed by atoms with E-state index in [1.165, 1.54) is 0 Å². The number of carbonyl (C=O) groups is 1. The van der Waals surface area contributed by atoms with E-state index in [0.29, 0.717) is 48.0 Å². The number of rotatable bonds is 9. The molecule has 9 heteroatoms. The summed E-state index contributed by atoms with van der Waals surface area (Å²) in [5, 5.41) is 8.14. The van der Waals surface area contributed by atoms with Crippen LogP contribution in [0, 0.1) is 13.8 Å². The molecule has 0 spiro atoms. The van der Waals surface area contributed by atoms with Crippen molar-refractivity contribution < 1.29 is 19.0 Å². The molecule has 0 aliphatic heterocycles. The lowest BCUT2D eigenvalue weighted by Gasteiger charge is -2.13. The molecular formula is C22H28N4O5. The first-order chi connectivity index (χ1) is 14.8. The summed E-state index contributed by atoms with van der Waals surface area (Å²) in [6.45, 7) is 4.60. The van der Waals surface area contributed by atoms with Gasteiger partial charge in [-0.2, -0.15) is 5.10 Å². The molecule has 0 saturated carbocycles. The molecule has 3 rings (SSSR count). The van der Waals surface area contributed by atoms with Crippen molar-refractivity contribution in [2.24, 2.45) is 7.05 Å². The number of anilines is 1. The maximum absolute atomic E-state index is 12.6. The number of nitrogens with zero attached hydrogens (tertiary/aromatic N) is 2. The molecule has 0 unspecified atom stereocenters. The summed E-state index contributed by atoms with van der Waals surface area (Å²) in [6.07, 6.45) is 0.491. The fraction of sp³-hybridized carbons (Fsp3) is 0.409. The number of pyridine rings is 1. The van der Waals surface area contributed by atoms with E-state index >= 15 is 0 Å². The second-order valence-corrected chi connectivity index (χ2v) is 7.25. The van der Waals surface area contributed by atoms with E-state index in [1.807, 2.05) is 13.8 Å². The number of amides is 1. The van der Waals surface area contributed by atoms with E-state index in [9.17, 15) is 9.59 Å². The lowest BCUT2D eigenvalue weighted by atomic mass is 10.0. The first-order valence-corrected chi connectivity index (χ1v) is 10.00. The van der Waals surface area contributed by atoms with Crippen LogP contribution < -0.4 is 20.3 Å². The zero-order chi connectivity index (χ0) is 22.5. The number of H-pyrrole nitrogens is 1. The summed E-state index contributed by atoms with van der Waals surface area (Å²) in [6, 6.07) is 5.17. The molecule has 2 aromatic heterocycles. The zero-order valence-corrected chi connectivity index (χ0v) is 18.5. The maximum Gasteiger partial charge on any atom is 0.253 e. The average Bonchev–Trinajstić information content (AvgIpc) is 3.01. The SMILES string of the molecule is COCCOc1cc(NC(=O)CCc2c(C)c3c(C)nn(C)c3[nH]c2=O)ccc1OC. The first kappa shape index (κ1) is 22.4. The van der Waals surface area contributed by atoms with Crippen molar-refractivity contribution in [2.45, 2.75) is 26.7 Å². The molecule has 2 heterocycles. The molecule has 1 amide bonds. The highest BCUT2D eigenvalue weighted by molar-refractivity contribution is 5.91. The van der Waals surface area contributed by atoms with E-state index in [4.69, 9.17) is 14.2 Å². The summed E-state index contributed by atoms with van der Waals surface area (Å²) in [5.41, 5.74) is 3.37. The molecule has 0 atom stereocenters. The van der Waals surface area contributed by atoms with E-state index in [1.54, 1.807) is 44.1 Å². The van der Waals surface area contributed by atoms with Crippen LogP contribution in [0.25, 0.3) is 11.0 Å². The van der Waals surface area contributed by atoms with Crippen LogP contribution in [0.5, 0.6) is 11.5 Å². The Bertz CT molecular complexity index is 1150. The molecule has 1 aromatic carbocycles. The minimum Gasteiger partial charge on any atom is -0.493 e. The molecule has 0 aliphatic carbocycles. The number of benzene rings is 1. The Hall–Kier alpha value is -3.33. The van der Waals surface area contributed by atoms with Gasteiger partial charge >= 0.3 is 0 Å². The number of aryl methyl sites for hydroxylation is 3. The van der Waals surface area contributed by atoms with Gasteiger partial charge in [-0.05, 0) is 38.0 Å². The third kappa shape index (κ3) is 4.88. The number of carbonyl (C=O) groups excluding carboxylic acids is 1. The standard InChI is InChI=1S/C22H28N4O5/c1-13-16(22(28)24-21-20(13)14(2)25-26(21)3)7-9-19(27)23-15-6-8-17(30-5)18(12-15)31-11-10-29-4/h6,8,12H,7,9-11H2,1-5H3,(H,23,27)(H,24,28). The van der Waals surface area contributed by atoms with E-state index in [2.05, 4.69) is 15.4 Å². The number of nitrogens with one attached hydrogen (secondary N) is 2. The number of hydrogen-bond donors (Lipinski definition) is 2. The summed E-state index contributed by atoms with van der Waals surface area (Å²) < 4.78 is 17.6. The predicted molar refractivity (Wildman–Crippen MR) is 118 cm³/mol. The highest BCUT2D eigenvalue weighted by Crippen LogP contribution is 2.30. The minimum absolute atomic E-state index is 0.167. The van der Waals surface area contributed by atoms with Gasteiger partial charge in [-0.15, -0.1) is 0 Å². The van der Waals surface area contributed by atoms with Crippen LogP contribution >= 0.6 is 0 Å². The zero-order valence-electron chi connectivity index (χ0n) is 18.5. The van der Waals surface area contributed by atoms with Crippen molar-refractivity contribution >= 4 is 22.6 Å². The highest BCUT2D eigenvalue weighted by Gasteiger charge is 2.16. The van der Waals surface area contributed by atoms with Gasteiger partial charge in [-0.25, -0.2) is 0 Å². The van der Waals surface area contributed by atoms with Crippen molar-refractivity contribution in [2.75, 3.05) is 32.8 Å². The summed E-state index contributed by atoms with van der Waals surface area (Å²) >= 11 is 0. The topological polar surface area (TPSA) is 107 Å². The van der Waals surface area contributed by atoms with Crippen LogP contribution in [-0.2, 0) is 23.0 Å². The van der Waals surface area contributed by atoms with Crippen molar-refractivity contribution in [1.82, 2.24) is 14.8 Å². The Labute approximate surface area is 180 Å². The minimum atomic E-state index is -0.199. The molecule has 0 saturated heterocycles. The quantitative estimate of drug-likeness (QED) is 0.507. The van der Waals surface area contributed by atoms with Crippen molar-refractivity contribution in [3.05, 3.63) is 45.4 Å². The largest absolute Gasteiger partial charge is 0.493 e. The number of ether oxygens (including phenoxy) is 3. The fourth-order valence-corrected chi connectivity index (χ4v) is 3.62. The van der Waals surface area contributed by atoms with Gasteiger partial charge < -0.3 is 24.5 Å². The van der Waals surface area contributed by atoms with Gasteiger partial charge in [0.2, 0.25) is 5.91 Å². The third-order valence-corrected chi connectivity index (χ3v) is 5.15. The number of methoxy groups -OCH3 is 2. The van der Waals surface area contributed by atoms with E-state index < -0.39 is 0 Å². The summed E-state index contributed by atoms with van der Waals surface area (Å²) in [4.78, 5) is 28.0. The van der Waals surface area contributed by atoms with Gasteiger partial charge in [0, 0.05) is 43.3 Å². The van der Waals surface area contributed by atoms with Gasteiger partial charge in [0.25, 0.3) is 5.56 Å². The predicted octanol–water partition coefficient (Wildman–Crippen LogP) is 2.48. The van der Waals surface area contributed by atoms with Crippen molar-refractivity contribution in [1.29, 1.82) is 0 Å². The molecular weight excluding hydrogens is 400 g/mol. The molecule has 0 bridgehead atoms. The van der Waals surface area contributed by atoms with Crippen molar-refractivity contribution in [3.63, 3.8) is 0 Å². The van der Waals surface area contributed by atoms with Gasteiger partial charge in [0.05, 0.1) is 19.4 Å². The Morgan fingerprint density at radius 2 is 1.97 bits per heavy atom. The molecule has 9 nitrogen and oxygen atoms in total. The van der Waals surface area contributed by atoms with Gasteiger partial charge in [-0.3, -0.25) is 14.3 Å². The van der Waals surface area contributed by atoms with Crippen LogP contribution in [0.4, 0.5) is 5.69 Å². The highest BCUT2D eigenvalue weighted by atomic mass is 16.5. The first-order valence-electron chi connectivity index (χ1n) is 10.00. The monoisotopic (exact) mass is 428 g/mol. The fourth-order valence-electron chi connectivity index (χ4n) is 3.62. The third-order valence-electron chi connectivity index (χ3n) is 5.15. The second kappa shape index (κ2) is 9.65. The molecule has 2 N–H and O–H groups in total. The number of aromatic amines is 1. The van der Waals surface area contributed by atoms with Crippen LogP contribution in [0.2, 0.25) is 0 Å². The smallest absolute Gasteiger partial charge is 0.253 e. The van der Waals surface area contributed by atoms with Crippen LogP contribution in [0.3, 0.4) is 0 Å². The summed E-state index contributed by atoms with van der Waals surface area (Å²) in [7, 11) is 4.94. The van der Waals surface area contributed by atoms with Crippen LogP contribution in [0.1, 0.15) is 23.2 Å². The maximum atomic E-state index is 12.6. The number of fused-ring (bicyclic) bond motifs is 1. The molecule has 166 valence electrons. The molecule has 0 radical (unpaired) electrons. The van der Waals surface area contributed by atoms with E-state index in [0.717, 1.165) is 16.6 Å². The second-order valence-electron chi connectivity index (χ2n) is 7.25. The average molecular weight is 428 g/mol. The normalized spacial score (nSPS) is 11.0. The Kier molecular flexibility index (Phi) is 6.96. The van der Waals surface area contributed by atoms with Gasteiger partial charge in [-0.1, -0.05) is 0 Å². The van der Waals surface area contributed by atoms with Crippen LogP contribution in [0.15, 0.2) is 23.0 Å². The summed E-state index contributed by atoms with van der Waals surface area (Å²) in [5.74, 6) is 0.883. The van der Waals surface area contributed by atoms with Gasteiger partial charge in [0.15, 0.2) is 11.5 Å². The Morgan fingerprint density at radius 1 is 1.19 bits per heavy atom. The lowest BCUT2D eigenvalue weighted by molar-refractivity contribution is -0.116. The molecule has 0 fully saturated rings. The lowest BCUT2D eigenvalue weighted by Crippen LogP contribution is -2.19. The molecule has 0 aliphatic rings. The Balaban J connectivity index is 1.71. The number of hydrogen-bond acceptors (Lipinski definition) is 6. The van der Waals surface area contributed by atoms with Crippen molar-refractivity contribution in [3.8, 4) is 11.5 Å².